The Kier molecular flexibility index (Phi) is 5.51. The van der Waals surface area contributed by atoms with Crippen LogP contribution < -0.4 is 4.74 Å². The second-order valence-electron chi connectivity index (χ2n) is 7.41. The van der Waals surface area contributed by atoms with E-state index in [0.29, 0.717) is 23.8 Å². The summed E-state index contributed by atoms with van der Waals surface area (Å²) in [6.45, 7) is 4.62. The zero-order valence-electron chi connectivity index (χ0n) is 16.7. The Morgan fingerprint density at radius 2 is 1.83 bits per heavy atom. The summed E-state index contributed by atoms with van der Waals surface area (Å²) in [5.41, 5.74) is 2.46. The maximum atomic E-state index is 13.5. The molecule has 29 heavy (non-hydrogen) atoms. The van der Waals surface area contributed by atoms with E-state index in [1.54, 1.807) is 24.7 Å². The first-order valence-electron chi connectivity index (χ1n) is 9.88. The molecule has 0 saturated carbocycles. The number of benzene rings is 1. The number of likely N-dealkylation sites (tertiary alicyclic amines) is 1. The molecule has 148 valence electrons. The molecular weight excluding hydrogens is 364 g/mol. The minimum atomic E-state index is -0.0791. The highest BCUT2D eigenvalue weighted by Crippen LogP contribution is 2.26. The van der Waals surface area contributed by atoms with Gasteiger partial charge in [0.2, 0.25) is 5.88 Å². The Bertz CT molecular complexity index is 993. The fourth-order valence-electron chi connectivity index (χ4n) is 3.65. The van der Waals surface area contributed by atoms with Gasteiger partial charge >= 0.3 is 0 Å². The second-order valence-corrected chi connectivity index (χ2v) is 7.41. The Hall–Kier alpha value is -3.28. The Balaban J connectivity index is 1.56. The van der Waals surface area contributed by atoms with Crippen LogP contribution in [0.4, 0.5) is 0 Å². The van der Waals surface area contributed by atoms with E-state index in [4.69, 9.17) is 4.74 Å². The van der Waals surface area contributed by atoms with Gasteiger partial charge in [-0.1, -0.05) is 18.2 Å². The molecule has 0 radical (unpaired) electrons. The normalized spacial score (nSPS) is 19.0. The minimum absolute atomic E-state index is 0.0222. The maximum Gasteiger partial charge on any atom is 0.254 e. The summed E-state index contributed by atoms with van der Waals surface area (Å²) in [5, 5.41) is 0. The van der Waals surface area contributed by atoms with Crippen molar-refractivity contribution in [3.63, 3.8) is 0 Å². The van der Waals surface area contributed by atoms with Crippen molar-refractivity contribution in [1.82, 2.24) is 19.9 Å². The lowest BCUT2D eigenvalue weighted by atomic mass is 9.98. The number of hydrogen-bond acceptors (Lipinski definition) is 5. The molecule has 3 heterocycles. The fraction of sp³-hybridized carbons (Fsp3) is 0.304. The topological polar surface area (TPSA) is 68.2 Å². The summed E-state index contributed by atoms with van der Waals surface area (Å²) in [4.78, 5) is 28.3. The summed E-state index contributed by atoms with van der Waals surface area (Å²) in [7, 11) is 0. The van der Waals surface area contributed by atoms with Crippen molar-refractivity contribution >= 4 is 5.91 Å². The molecule has 2 atom stereocenters. The first-order valence-corrected chi connectivity index (χ1v) is 9.88. The number of ether oxygens (including phenoxy) is 1. The highest BCUT2D eigenvalue weighted by Gasteiger charge is 2.32. The predicted octanol–water partition coefficient (Wildman–Crippen LogP) is 3.92. The molecule has 1 saturated heterocycles. The third-order valence-electron chi connectivity index (χ3n) is 5.24. The number of carbonyl (C=O) groups is 1. The van der Waals surface area contributed by atoms with Gasteiger partial charge in [0, 0.05) is 36.3 Å². The molecule has 3 aromatic rings. The molecule has 6 heteroatoms. The van der Waals surface area contributed by atoms with Crippen LogP contribution in [0.3, 0.4) is 0 Å². The van der Waals surface area contributed by atoms with Crippen molar-refractivity contribution in [2.24, 2.45) is 0 Å². The van der Waals surface area contributed by atoms with E-state index in [-0.39, 0.29) is 18.1 Å². The van der Waals surface area contributed by atoms with Gasteiger partial charge in [-0.15, -0.1) is 0 Å². The molecule has 0 aliphatic carbocycles. The first kappa shape index (κ1) is 19.1. The number of nitrogens with zero attached hydrogens (tertiary/aromatic N) is 4. The Morgan fingerprint density at radius 1 is 1.03 bits per heavy atom. The number of rotatable bonds is 4. The third-order valence-corrected chi connectivity index (χ3v) is 5.24. The Labute approximate surface area is 170 Å². The van der Waals surface area contributed by atoms with E-state index in [1.807, 2.05) is 48.2 Å². The molecule has 2 aromatic heterocycles. The van der Waals surface area contributed by atoms with E-state index >= 15 is 0 Å². The summed E-state index contributed by atoms with van der Waals surface area (Å²) in [6, 6.07) is 13.3. The van der Waals surface area contributed by atoms with Crippen LogP contribution in [0.25, 0.3) is 11.4 Å². The zero-order chi connectivity index (χ0) is 20.2. The number of aryl methyl sites for hydroxylation is 1. The van der Waals surface area contributed by atoms with Crippen LogP contribution in [-0.2, 0) is 0 Å². The van der Waals surface area contributed by atoms with Crippen LogP contribution >= 0.6 is 0 Å². The highest BCUT2D eigenvalue weighted by molar-refractivity contribution is 6.00. The van der Waals surface area contributed by atoms with Crippen LogP contribution in [0.1, 0.15) is 35.7 Å². The summed E-state index contributed by atoms with van der Waals surface area (Å²) in [6.07, 6.45) is 6.81. The number of carbonyl (C=O) groups excluding carboxylic acids is 1. The van der Waals surface area contributed by atoms with Gasteiger partial charge in [0.1, 0.15) is 6.10 Å². The smallest absolute Gasteiger partial charge is 0.254 e. The summed E-state index contributed by atoms with van der Waals surface area (Å²) < 4.78 is 6.09. The van der Waals surface area contributed by atoms with Crippen LogP contribution in [0, 0.1) is 6.92 Å². The zero-order valence-corrected chi connectivity index (χ0v) is 16.7. The SMILES string of the molecule is Cc1ccnc(O[C@@H]2CC[C@@H](C)N(C(=O)c3ccccc3-c3ncccn3)C2)c1. The molecule has 0 spiro atoms. The maximum absolute atomic E-state index is 13.5. The summed E-state index contributed by atoms with van der Waals surface area (Å²) in [5.74, 6) is 1.14. The van der Waals surface area contributed by atoms with Gasteiger partial charge in [0.25, 0.3) is 5.91 Å². The molecule has 6 nitrogen and oxygen atoms in total. The molecule has 1 aromatic carbocycles. The number of piperidine rings is 1. The van der Waals surface area contributed by atoms with E-state index in [2.05, 4.69) is 21.9 Å². The Morgan fingerprint density at radius 3 is 2.62 bits per heavy atom. The fourth-order valence-corrected chi connectivity index (χ4v) is 3.65. The average molecular weight is 388 g/mol. The molecular formula is C23H24N4O2. The lowest BCUT2D eigenvalue weighted by molar-refractivity contribution is 0.0373. The standard InChI is InChI=1S/C23H24N4O2/c1-16-10-13-24-21(14-16)29-18-9-8-17(2)27(15-18)23(28)20-7-4-3-6-19(20)22-25-11-5-12-26-22/h3-7,10-14,17-18H,8-9,15H2,1-2H3/t17-,18-/m1/s1. The van der Waals surface area contributed by atoms with Crippen LogP contribution in [0.2, 0.25) is 0 Å². The van der Waals surface area contributed by atoms with Crippen LogP contribution in [0.15, 0.2) is 61.1 Å². The molecule has 0 unspecified atom stereocenters. The molecule has 1 aliphatic rings. The quantitative estimate of drug-likeness (QED) is 0.678. The van der Waals surface area contributed by atoms with Crippen LogP contribution in [-0.4, -0.2) is 44.4 Å². The van der Waals surface area contributed by atoms with Gasteiger partial charge in [-0.3, -0.25) is 4.79 Å². The molecule has 0 N–H and O–H groups in total. The van der Waals surface area contributed by atoms with Gasteiger partial charge in [-0.25, -0.2) is 15.0 Å². The number of aromatic nitrogens is 3. The molecule has 1 fully saturated rings. The molecule has 1 aliphatic heterocycles. The third kappa shape index (κ3) is 4.26. The van der Waals surface area contributed by atoms with E-state index in [9.17, 15) is 4.79 Å². The average Bonchev–Trinajstić information content (AvgIpc) is 2.75. The van der Waals surface area contributed by atoms with Crippen molar-refractivity contribution in [3.05, 3.63) is 72.2 Å². The molecule has 0 bridgehead atoms. The number of pyridine rings is 1. The number of hydrogen-bond donors (Lipinski definition) is 0. The monoisotopic (exact) mass is 388 g/mol. The van der Waals surface area contributed by atoms with E-state index in [1.165, 1.54) is 0 Å². The lowest BCUT2D eigenvalue weighted by Crippen LogP contribution is -2.49. The van der Waals surface area contributed by atoms with Gasteiger partial charge in [0.15, 0.2) is 5.82 Å². The number of amides is 1. The molecule has 4 rings (SSSR count). The van der Waals surface area contributed by atoms with Gasteiger partial charge in [-0.2, -0.15) is 0 Å². The second kappa shape index (κ2) is 8.39. The van der Waals surface area contributed by atoms with Gasteiger partial charge in [0.05, 0.1) is 12.1 Å². The van der Waals surface area contributed by atoms with Gasteiger partial charge in [-0.05, 0) is 50.5 Å². The minimum Gasteiger partial charge on any atom is -0.472 e. The largest absolute Gasteiger partial charge is 0.472 e. The summed E-state index contributed by atoms with van der Waals surface area (Å²) >= 11 is 0. The highest BCUT2D eigenvalue weighted by atomic mass is 16.5. The van der Waals surface area contributed by atoms with E-state index in [0.717, 1.165) is 24.0 Å². The van der Waals surface area contributed by atoms with E-state index < -0.39 is 0 Å². The predicted molar refractivity (Wildman–Crippen MR) is 111 cm³/mol. The van der Waals surface area contributed by atoms with Crippen molar-refractivity contribution in [3.8, 4) is 17.3 Å². The first-order chi connectivity index (χ1) is 14.1. The lowest BCUT2D eigenvalue weighted by Gasteiger charge is -2.38. The van der Waals surface area contributed by atoms with Crippen LogP contribution in [0.5, 0.6) is 5.88 Å². The van der Waals surface area contributed by atoms with Crippen molar-refractivity contribution in [2.75, 3.05) is 6.54 Å². The molecule has 1 amide bonds. The van der Waals surface area contributed by atoms with Crippen molar-refractivity contribution < 1.29 is 9.53 Å². The van der Waals surface area contributed by atoms with Crippen molar-refractivity contribution in [2.45, 2.75) is 38.8 Å². The van der Waals surface area contributed by atoms with Gasteiger partial charge < -0.3 is 9.64 Å². The van der Waals surface area contributed by atoms with Crippen molar-refractivity contribution in [1.29, 1.82) is 0 Å².